The smallest absolute Gasteiger partial charge is 0.261 e. The van der Waals surface area contributed by atoms with Crippen molar-refractivity contribution in [3.63, 3.8) is 0 Å². The number of alkyl halides is 2. The van der Waals surface area contributed by atoms with Crippen molar-refractivity contribution in [2.75, 3.05) is 13.2 Å². The fraction of sp³-hybridized carbons (Fsp3) is 0.750. The summed E-state index contributed by atoms with van der Waals surface area (Å²) in [6, 6.07) is 0. The number of hydrogen-bond acceptors (Lipinski definition) is 3. The van der Waals surface area contributed by atoms with Gasteiger partial charge < -0.3 is 4.74 Å². The summed E-state index contributed by atoms with van der Waals surface area (Å²) in [4.78, 5) is 0. The summed E-state index contributed by atoms with van der Waals surface area (Å²) in [6.07, 6.45) is -1.75. The molecule has 0 atom stereocenters. The zero-order chi connectivity index (χ0) is 11.3. The standard InChI is InChI=1S/C8H12ClF2N3O/c1-2-7-12-13-8(9)14(7)3-4-15-5-6(10)11/h6H,2-5H2,1H3. The van der Waals surface area contributed by atoms with Crippen molar-refractivity contribution >= 4 is 11.6 Å². The van der Waals surface area contributed by atoms with E-state index in [0.717, 1.165) is 5.82 Å². The third-order valence-corrected chi connectivity index (χ3v) is 2.08. The highest BCUT2D eigenvalue weighted by Crippen LogP contribution is 2.08. The van der Waals surface area contributed by atoms with Gasteiger partial charge in [-0.15, -0.1) is 10.2 Å². The van der Waals surface area contributed by atoms with Crippen molar-refractivity contribution in [1.29, 1.82) is 0 Å². The van der Waals surface area contributed by atoms with E-state index in [-0.39, 0.29) is 11.9 Å². The van der Waals surface area contributed by atoms with Gasteiger partial charge in [-0.2, -0.15) is 0 Å². The summed E-state index contributed by atoms with van der Waals surface area (Å²) < 4.78 is 29.9. The van der Waals surface area contributed by atoms with Gasteiger partial charge in [0.15, 0.2) is 0 Å². The minimum atomic E-state index is -2.44. The Hall–Kier alpha value is -0.750. The molecule has 0 N–H and O–H groups in total. The maximum Gasteiger partial charge on any atom is 0.261 e. The van der Waals surface area contributed by atoms with E-state index >= 15 is 0 Å². The molecule has 0 saturated carbocycles. The van der Waals surface area contributed by atoms with Gasteiger partial charge in [-0.05, 0) is 11.6 Å². The third-order valence-electron chi connectivity index (χ3n) is 1.80. The molecule has 1 heterocycles. The minimum Gasteiger partial charge on any atom is -0.374 e. The van der Waals surface area contributed by atoms with Crippen LogP contribution < -0.4 is 0 Å². The maximum atomic E-state index is 11.7. The van der Waals surface area contributed by atoms with Gasteiger partial charge in [-0.1, -0.05) is 6.92 Å². The van der Waals surface area contributed by atoms with Crippen LogP contribution in [-0.2, 0) is 17.7 Å². The van der Waals surface area contributed by atoms with E-state index in [1.54, 1.807) is 4.57 Å². The van der Waals surface area contributed by atoms with E-state index in [1.165, 1.54) is 0 Å². The molecule has 0 amide bonds. The molecule has 86 valence electrons. The number of hydrogen-bond donors (Lipinski definition) is 0. The quantitative estimate of drug-likeness (QED) is 0.711. The highest BCUT2D eigenvalue weighted by Gasteiger charge is 2.08. The van der Waals surface area contributed by atoms with Crippen molar-refractivity contribution < 1.29 is 13.5 Å². The van der Waals surface area contributed by atoms with Crippen LogP contribution in [0, 0.1) is 0 Å². The Labute approximate surface area is 91.2 Å². The van der Waals surface area contributed by atoms with E-state index in [9.17, 15) is 8.78 Å². The molecular weight excluding hydrogens is 228 g/mol. The lowest BCUT2D eigenvalue weighted by Gasteiger charge is -2.07. The molecule has 0 unspecified atom stereocenters. The Morgan fingerprint density at radius 2 is 2.20 bits per heavy atom. The van der Waals surface area contributed by atoms with Crippen molar-refractivity contribution in [3.05, 3.63) is 11.1 Å². The van der Waals surface area contributed by atoms with E-state index in [2.05, 4.69) is 10.2 Å². The molecule has 1 aromatic rings. The third kappa shape index (κ3) is 3.71. The van der Waals surface area contributed by atoms with Crippen LogP contribution in [0.4, 0.5) is 8.78 Å². The van der Waals surface area contributed by atoms with Crippen LogP contribution in [0.5, 0.6) is 0 Å². The van der Waals surface area contributed by atoms with Crippen molar-refractivity contribution in [2.24, 2.45) is 0 Å². The molecule has 0 aliphatic rings. The topological polar surface area (TPSA) is 39.9 Å². The summed E-state index contributed by atoms with van der Waals surface area (Å²) in [5, 5.41) is 7.76. The second-order valence-corrected chi connectivity index (χ2v) is 3.19. The van der Waals surface area contributed by atoms with Crippen LogP contribution >= 0.6 is 11.6 Å². The van der Waals surface area contributed by atoms with Crippen LogP contribution in [0.1, 0.15) is 12.7 Å². The number of aryl methyl sites for hydroxylation is 1. The first-order chi connectivity index (χ1) is 7.15. The van der Waals surface area contributed by atoms with Gasteiger partial charge in [0.2, 0.25) is 5.28 Å². The predicted octanol–water partition coefficient (Wildman–Crippen LogP) is 1.78. The Kier molecular flexibility index (Phi) is 4.90. The van der Waals surface area contributed by atoms with E-state index in [1.807, 2.05) is 6.92 Å². The molecule has 7 heteroatoms. The molecule has 0 spiro atoms. The van der Waals surface area contributed by atoms with Gasteiger partial charge >= 0.3 is 0 Å². The lowest BCUT2D eigenvalue weighted by molar-refractivity contribution is 0.0146. The van der Waals surface area contributed by atoms with Crippen LogP contribution in [-0.4, -0.2) is 34.4 Å². The zero-order valence-electron chi connectivity index (χ0n) is 8.29. The second-order valence-electron chi connectivity index (χ2n) is 2.86. The summed E-state index contributed by atoms with van der Waals surface area (Å²) in [5.74, 6) is 0.723. The Morgan fingerprint density at radius 1 is 1.47 bits per heavy atom. The summed E-state index contributed by atoms with van der Waals surface area (Å²) in [6.45, 7) is 1.93. The van der Waals surface area contributed by atoms with Crippen LogP contribution in [0.3, 0.4) is 0 Å². The van der Waals surface area contributed by atoms with Crippen LogP contribution in [0.2, 0.25) is 5.28 Å². The molecule has 1 rings (SSSR count). The summed E-state index contributed by atoms with van der Waals surface area (Å²) >= 11 is 5.75. The Morgan fingerprint density at radius 3 is 2.80 bits per heavy atom. The maximum absolute atomic E-state index is 11.7. The van der Waals surface area contributed by atoms with Crippen LogP contribution in [0.15, 0.2) is 0 Å². The molecule has 4 nitrogen and oxygen atoms in total. The predicted molar refractivity (Wildman–Crippen MR) is 51.2 cm³/mol. The number of nitrogens with zero attached hydrogens (tertiary/aromatic N) is 3. The van der Waals surface area contributed by atoms with Crippen LogP contribution in [0.25, 0.3) is 0 Å². The van der Waals surface area contributed by atoms with Gasteiger partial charge in [0.05, 0.1) is 13.2 Å². The molecule has 0 aliphatic carbocycles. The lowest BCUT2D eigenvalue weighted by Crippen LogP contribution is -2.12. The molecular formula is C8H12ClF2N3O. The molecule has 0 saturated heterocycles. The number of ether oxygens (including phenoxy) is 1. The van der Waals surface area contributed by atoms with Crippen molar-refractivity contribution in [2.45, 2.75) is 26.3 Å². The molecule has 0 fully saturated rings. The van der Waals surface area contributed by atoms with Gasteiger partial charge in [-0.25, -0.2) is 8.78 Å². The van der Waals surface area contributed by atoms with Gasteiger partial charge in [0.1, 0.15) is 12.4 Å². The second kappa shape index (κ2) is 5.97. The number of rotatable bonds is 6. The lowest BCUT2D eigenvalue weighted by atomic mass is 10.4. The van der Waals surface area contributed by atoms with E-state index in [0.29, 0.717) is 13.0 Å². The summed E-state index contributed by atoms with van der Waals surface area (Å²) in [7, 11) is 0. The van der Waals surface area contributed by atoms with E-state index < -0.39 is 13.0 Å². The highest BCUT2D eigenvalue weighted by molar-refractivity contribution is 6.28. The van der Waals surface area contributed by atoms with Crippen molar-refractivity contribution in [1.82, 2.24) is 14.8 Å². The van der Waals surface area contributed by atoms with Gasteiger partial charge in [-0.3, -0.25) is 4.57 Å². The minimum absolute atomic E-state index is 0.176. The number of halogens is 3. The molecule has 1 aromatic heterocycles. The molecule has 0 aliphatic heterocycles. The Balaban J connectivity index is 2.39. The van der Waals surface area contributed by atoms with Gasteiger partial charge in [0, 0.05) is 6.42 Å². The highest BCUT2D eigenvalue weighted by atomic mass is 35.5. The fourth-order valence-electron chi connectivity index (χ4n) is 1.12. The first kappa shape index (κ1) is 12.3. The summed E-state index contributed by atoms with van der Waals surface area (Å²) in [5.41, 5.74) is 0. The molecule has 0 radical (unpaired) electrons. The Bertz CT molecular complexity index is 306. The average molecular weight is 240 g/mol. The largest absolute Gasteiger partial charge is 0.374 e. The first-order valence-electron chi connectivity index (χ1n) is 4.58. The van der Waals surface area contributed by atoms with Gasteiger partial charge in [0.25, 0.3) is 6.43 Å². The monoisotopic (exact) mass is 239 g/mol. The zero-order valence-corrected chi connectivity index (χ0v) is 9.05. The molecule has 0 bridgehead atoms. The van der Waals surface area contributed by atoms with Crippen molar-refractivity contribution in [3.8, 4) is 0 Å². The molecule has 15 heavy (non-hydrogen) atoms. The first-order valence-corrected chi connectivity index (χ1v) is 4.96. The van der Waals surface area contributed by atoms with E-state index in [4.69, 9.17) is 16.3 Å². The average Bonchev–Trinajstić information content (AvgIpc) is 2.54. The normalized spacial score (nSPS) is 11.3. The number of aromatic nitrogens is 3. The SMILES string of the molecule is CCc1nnc(Cl)n1CCOCC(F)F. The molecule has 0 aromatic carbocycles. The fourth-order valence-corrected chi connectivity index (χ4v) is 1.34.